The van der Waals surface area contributed by atoms with Gasteiger partial charge in [0.05, 0.1) is 25.2 Å². The molecule has 1 saturated heterocycles. The second-order valence-corrected chi connectivity index (χ2v) is 8.45. The van der Waals surface area contributed by atoms with Crippen molar-refractivity contribution in [3.05, 3.63) is 0 Å². The standard InChI is InChI=1S/C19H36N4O5/c1-12(15(24)26-9)10-21-16(20-8)22-11-14-13(2)27-19(6,7)23(14)17(25)28-18(3,4)5/h12-14H,10-11H2,1-9H3,(H2,20,21,22). The van der Waals surface area contributed by atoms with Crippen molar-refractivity contribution in [2.24, 2.45) is 10.9 Å². The summed E-state index contributed by atoms with van der Waals surface area (Å²) in [4.78, 5) is 30.1. The van der Waals surface area contributed by atoms with E-state index in [1.165, 1.54) is 7.11 Å². The van der Waals surface area contributed by atoms with E-state index in [0.717, 1.165) is 0 Å². The van der Waals surface area contributed by atoms with Crippen LogP contribution in [0, 0.1) is 5.92 Å². The van der Waals surface area contributed by atoms with Crippen molar-refractivity contribution in [3.8, 4) is 0 Å². The molecule has 0 spiro atoms. The number of carbonyl (C=O) groups excluding carboxylic acids is 2. The molecular weight excluding hydrogens is 364 g/mol. The molecule has 0 aromatic rings. The lowest BCUT2D eigenvalue weighted by Crippen LogP contribution is -2.54. The van der Waals surface area contributed by atoms with Crippen LogP contribution in [0.25, 0.3) is 0 Å². The van der Waals surface area contributed by atoms with Crippen molar-refractivity contribution in [1.82, 2.24) is 15.5 Å². The van der Waals surface area contributed by atoms with Crippen molar-refractivity contribution in [3.63, 3.8) is 0 Å². The number of esters is 1. The Bertz CT molecular complexity index is 585. The van der Waals surface area contributed by atoms with Gasteiger partial charge in [0.25, 0.3) is 0 Å². The Morgan fingerprint density at radius 3 is 2.39 bits per heavy atom. The molecule has 9 nitrogen and oxygen atoms in total. The number of ether oxygens (including phenoxy) is 3. The number of methoxy groups -OCH3 is 1. The van der Waals surface area contributed by atoms with Gasteiger partial charge in [0.15, 0.2) is 5.96 Å². The van der Waals surface area contributed by atoms with Crippen LogP contribution in [0.5, 0.6) is 0 Å². The highest BCUT2D eigenvalue weighted by Gasteiger charge is 2.49. The molecule has 1 aliphatic heterocycles. The summed E-state index contributed by atoms with van der Waals surface area (Å²) in [7, 11) is 3.00. The number of rotatable bonds is 5. The molecule has 3 atom stereocenters. The Morgan fingerprint density at radius 2 is 1.89 bits per heavy atom. The molecule has 0 radical (unpaired) electrons. The molecule has 0 aromatic heterocycles. The first-order valence-electron chi connectivity index (χ1n) is 9.55. The molecule has 162 valence electrons. The van der Waals surface area contributed by atoms with Crippen molar-refractivity contribution in [2.75, 3.05) is 27.2 Å². The zero-order chi connectivity index (χ0) is 21.7. The summed E-state index contributed by atoms with van der Waals surface area (Å²) in [6.07, 6.45) is -0.613. The van der Waals surface area contributed by atoms with Gasteiger partial charge >= 0.3 is 12.1 Å². The zero-order valence-electron chi connectivity index (χ0n) is 18.6. The van der Waals surface area contributed by atoms with E-state index in [-0.39, 0.29) is 24.0 Å². The molecule has 1 fully saturated rings. The van der Waals surface area contributed by atoms with Gasteiger partial charge in [-0.05, 0) is 41.5 Å². The number of guanidine groups is 1. The van der Waals surface area contributed by atoms with Crippen LogP contribution in [0.4, 0.5) is 4.79 Å². The van der Waals surface area contributed by atoms with Gasteiger partial charge in [-0.25, -0.2) is 4.79 Å². The maximum atomic E-state index is 12.8. The summed E-state index contributed by atoms with van der Waals surface area (Å²) in [6, 6.07) is -0.249. The molecule has 9 heteroatoms. The average molecular weight is 401 g/mol. The minimum atomic E-state index is -0.787. The minimum absolute atomic E-state index is 0.192. The molecule has 0 aliphatic carbocycles. The number of aliphatic imine (C=N–C) groups is 1. The monoisotopic (exact) mass is 400 g/mol. The first-order valence-corrected chi connectivity index (χ1v) is 9.55. The topological polar surface area (TPSA) is 101 Å². The normalized spacial score (nSPS) is 23.2. The Balaban J connectivity index is 2.78. The smallest absolute Gasteiger partial charge is 0.412 e. The van der Waals surface area contributed by atoms with E-state index >= 15 is 0 Å². The minimum Gasteiger partial charge on any atom is -0.469 e. The van der Waals surface area contributed by atoms with Gasteiger partial charge in [-0.3, -0.25) is 14.7 Å². The van der Waals surface area contributed by atoms with E-state index in [2.05, 4.69) is 15.6 Å². The SMILES string of the molecule is CN=C(NCC(C)C(=O)OC)NCC1C(C)OC(C)(C)N1C(=O)OC(C)(C)C. The molecule has 1 aliphatic rings. The highest BCUT2D eigenvalue weighted by Crippen LogP contribution is 2.33. The Morgan fingerprint density at radius 1 is 1.29 bits per heavy atom. The van der Waals surface area contributed by atoms with Gasteiger partial charge in [0, 0.05) is 20.1 Å². The van der Waals surface area contributed by atoms with Gasteiger partial charge in [-0.2, -0.15) is 0 Å². The van der Waals surface area contributed by atoms with E-state index in [9.17, 15) is 9.59 Å². The fraction of sp³-hybridized carbons (Fsp3) is 0.842. The fourth-order valence-corrected chi connectivity index (χ4v) is 3.08. The molecule has 0 saturated carbocycles. The lowest BCUT2D eigenvalue weighted by Gasteiger charge is -2.35. The summed E-state index contributed by atoms with van der Waals surface area (Å²) >= 11 is 0. The third kappa shape index (κ3) is 6.54. The molecule has 3 unspecified atom stereocenters. The predicted molar refractivity (Wildman–Crippen MR) is 107 cm³/mol. The summed E-state index contributed by atoms with van der Waals surface area (Å²) in [5, 5.41) is 6.29. The van der Waals surface area contributed by atoms with E-state index in [0.29, 0.717) is 19.0 Å². The van der Waals surface area contributed by atoms with Crippen molar-refractivity contribution in [2.45, 2.75) is 71.9 Å². The molecule has 28 heavy (non-hydrogen) atoms. The molecule has 2 N–H and O–H groups in total. The quantitative estimate of drug-likeness (QED) is 0.412. The van der Waals surface area contributed by atoms with Gasteiger partial charge in [-0.1, -0.05) is 6.92 Å². The number of hydrogen-bond acceptors (Lipinski definition) is 6. The maximum absolute atomic E-state index is 12.8. The molecule has 1 heterocycles. The van der Waals surface area contributed by atoms with Crippen LogP contribution in [0.2, 0.25) is 0 Å². The summed E-state index contributed by atoms with van der Waals surface area (Å²) in [5.41, 5.74) is -1.39. The van der Waals surface area contributed by atoms with Crippen LogP contribution in [0.1, 0.15) is 48.5 Å². The van der Waals surface area contributed by atoms with Gasteiger partial charge in [-0.15, -0.1) is 0 Å². The van der Waals surface area contributed by atoms with Crippen LogP contribution in [0.15, 0.2) is 4.99 Å². The predicted octanol–water partition coefficient (Wildman–Crippen LogP) is 1.72. The van der Waals surface area contributed by atoms with E-state index in [1.54, 1.807) is 18.9 Å². The van der Waals surface area contributed by atoms with Crippen molar-refractivity contribution >= 4 is 18.0 Å². The molecule has 0 aromatic carbocycles. The number of carbonyl (C=O) groups is 2. The molecule has 1 amide bonds. The maximum Gasteiger partial charge on any atom is 0.412 e. The highest BCUT2D eigenvalue weighted by atomic mass is 16.6. The van der Waals surface area contributed by atoms with Crippen LogP contribution in [0.3, 0.4) is 0 Å². The number of nitrogens with one attached hydrogen (secondary N) is 2. The first-order chi connectivity index (χ1) is 12.8. The van der Waals surface area contributed by atoms with Crippen molar-refractivity contribution in [1.29, 1.82) is 0 Å². The van der Waals surface area contributed by atoms with Gasteiger partial charge < -0.3 is 24.8 Å². The van der Waals surface area contributed by atoms with Crippen molar-refractivity contribution < 1.29 is 23.8 Å². The third-order valence-electron chi connectivity index (χ3n) is 4.40. The third-order valence-corrected chi connectivity index (χ3v) is 4.40. The lowest BCUT2D eigenvalue weighted by molar-refractivity contribution is -0.144. The highest BCUT2D eigenvalue weighted by molar-refractivity contribution is 5.81. The zero-order valence-corrected chi connectivity index (χ0v) is 18.6. The summed E-state index contributed by atoms with van der Waals surface area (Å²) in [5.74, 6) is -0.0788. The van der Waals surface area contributed by atoms with Crippen LogP contribution in [-0.2, 0) is 19.0 Å². The number of hydrogen-bond donors (Lipinski definition) is 2. The second kappa shape index (κ2) is 9.45. The lowest BCUT2D eigenvalue weighted by atomic mass is 10.1. The summed E-state index contributed by atoms with van der Waals surface area (Å²) < 4.78 is 16.3. The van der Waals surface area contributed by atoms with Crippen LogP contribution < -0.4 is 10.6 Å². The fourth-order valence-electron chi connectivity index (χ4n) is 3.08. The Hall–Kier alpha value is -2.03. The second-order valence-electron chi connectivity index (χ2n) is 8.45. The average Bonchev–Trinajstić information content (AvgIpc) is 2.80. The molecular formula is C19H36N4O5. The molecule has 1 rings (SSSR count). The number of amides is 1. The van der Waals surface area contributed by atoms with Crippen LogP contribution in [-0.4, -0.2) is 73.6 Å². The van der Waals surface area contributed by atoms with E-state index in [1.807, 2.05) is 41.5 Å². The van der Waals surface area contributed by atoms with Gasteiger partial charge in [0.1, 0.15) is 11.3 Å². The largest absolute Gasteiger partial charge is 0.469 e. The Labute approximate surface area is 168 Å². The van der Waals surface area contributed by atoms with E-state index < -0.39 is 17.4 Å². The van der Waals surface area contributed by atoms with Crippen LogP contribution >= 0.6 is 0 Å². The summed E-state index contributed by atoms with van der Waals surface area (Å²) in [6.45, 7) is 13.7. The van der Waals surface area contributed by atoms with E-state index in [4.69, 9.17) is 14.2 Å². The number of nitrogens with zero attached hydrogens (tertiary/aromatic N) is 2. The first kappa shape index (κ1) is 24.0. The molecule has 0 bridgehead atoms. The van der Waals surface area contributed by atoms with Gasteiger partial charge in [0.2, 0.25) is 0 Å². The Kier molecular flexibility index (Phi) is 8.10.